The number of nitriles is 1. The van der Waals surface area contributed by atoms with Gasteiger partial charge in [-0.15, -0.1) is 21.5 Å². The maximum absolute atomic E-state index is 12.4. The molecule has 144 valence electrons. The number of nitrogens with zero attached hydrogens (tertiary/aromatic N) is 3. The summed E-state index contributed by atoms with van der Waals surface area (Å²) >= 11 is 2.68. The molecule has 0 aliphatic heterocycles. The molecule has 3 aromatic rings. The fourth-order valence-corrected chi connectivity index (χ4v) is 5.17. The van der Waals surface area contributed by atoms with Gasteiger partial charge in [0.15, 0.2) is 0 Å². The predicted octanol–water partition coefficient (Wildman–Crippen LogP) is 4.43. The minimum absolute atomic E-state index is 0.121. The molecule has 4 rings (SSSR count). The molecule has 0 spiro atoms. The van der Waals surface area contributed by atoms with Crippen LogP contribution in [0.4, 0.5) is 5.00 Å². The summed E-state index contributed by atoms with van der Waals surface area (Å²) in [5.41, 5.74) is 2.45. The van der Waals surface area contributed by atoms with E-state index < -0.39 is 0 Å². The smallest absolute Gasteiger partial charge is 0.277 e. The third kappa shape index (κ3) is 3.70. The maximum atomic E-state index is 12.4. The molecule has 1 aliphatic carbocycles. The van der Waals surface area contributed by atoms with E-state index in [9.17, 15) is 10.1 Å². The minimum Gasteiger partial charge on any atom is -0.469 e. The van der Waals surface area contributed by atoms with Crippen molar-refractivity contribution >= 4 is 34.0 Å². The van der Waals surface area contributed by atoms with Gasteiger partial charge in [0.05, 0.1) is 23.1 Å². The number of anilines is 1. The van der Waals surface area contributed by atoms with Gasteiger partial charge >= 0.3 is 0 Å². The molecule has 28 heavy (non-hydrogen) atoms. The van der Waals surface area contributed by atoms with Crippen LogP contribution in [0.5, 0.6) is 0 Å². The lowest BCUT2D eigenvalue weighted by Gasteiger charge is -2.17. The molecule has 1 atom stereocenters. The van der Waals surface area contributed by atoms with E-state index in [-0.39, 0.29) is 11.7 Å². The average Bonchev–Trinajstić information content (AvgIpc) is 3.37. The van der Waals surface area contributed by atoms with Crippen molar-refractivity contribution in [2.75, 3.05) is 11.1 Å². The van der Waals surface area contributed by atoms with E-state index in [1.165, 1.54) is 16.2 Å². The van der Waals surface area contributed by atoms with Crippen LogP contribution in [-0.4, -0.2) is 21.9 Å². The first-order valence-corrected chi connectivity index (χ1v) is 10.7. The Morgan fingerprint density at radius 1 is 1.50 bits per heavy atom. The number of hydrogen-bond acceptors (Lipinski definition) is 8. The normalized spacial score (nSPS) is 15.8. The van der Waals surface area contributed by atoms with E-state index in [1.807, 2.05) is 6.92 Å². The van der Waals surface area contributed by atoms with Crippen LogP contribution in [0.1, 0.15) is 35.1 Å². The molecule has 0 unspecified atom stereocenters. The third-order valence-corrected chi connectivity index (χ3v) is 6.69. The van der Waals surface area contributed by atoms with Gasteiger partial charge in [-0.25, -0.2) is 0 Å². The van der Waals surface area contributed by atoms with Gasteiger partial charge in [0, 0.05) is 4.88 Å². The molecular formula is C19H18N4O3S2. The van der Waals surface area contributed by atoms with Crippen molar-refractivity contribution in [1.29, 1.82) is 5.26 Å². The molecule has 0 aromatic carbocycles. The van der Waals surface area contributed by atoms with Crippen LogP contribution in [0.25, 0.3) is 11.5 Å². The maximum Gasteiger partial charge on any atom is 0.277 e. The van der Waals surface area contributed by atoms with Gasteiger partial charge in [-0.1, -0.05) is 18.7 Å². The highest BCUT2D eigenvalue weighted by molar-refractivity contribution is 7.99. The van der Waals surface area contributed by atoms with Gasteiger partial charge in [0.2, 0.25) is 5.91 Å². The van der Waals surface area contributed by atoms with Crippen LogP contribution >= 0.6 is 23.1 Å². The van der Waals surface area contributed by atoms with Crippen molar-refractivity contribution in [3.8, 4) is 17.5 Å². The van der Waals surface area contributed by atoms with Crippen LogP contribution in [0, 0.1) is 24.2 Å². The molecule has 3 aromatic heterocycles. The number of carbonyl (C=O) groups is 1. The highest BCUT2D eigenvalue weighted by Gasteiger charge is 2.24. The molecule has 3 heterocycles. The number of aryl methyl sites for hydroxylation is 1. The van der Waals surface area contributed by atoms with E-state index in [2.05, 4.69) is 28.5 Å². The number of thioether (sulfide) groups is 1. The highest BCUT2D eigenvalue weighted by atomic mass is 32.2. The molecule has 7 nitrogen and oxygen atoms in total. The first-order chi connectivity index (χ1) is 13.5. The summed E-state index contributed by atoms with van der Waals surface area (Å²) in [5, 5.41) is 21.3. The summed E-state index contributed by atoms with van der Waals surface area (Å²) < 4.78 is 10.8. The monoisotopic (exact) mass is 414 g/mol. The minimum atomic E-state index is -0.201. The predicted molar refractivity (Wildman–Crippen MR) is 106 cm³/mol. The zero-order chi connectivity index (χ0) is 19.7. The van der Waals surface area contributed by atoms with Crippen molar-refractivity contribution in [2.45, 2.75) is 38.3 Å². The van der Waals surface area contributed by atoms with Crippen LogP contribution in [0.3, 0.4) is 0 Å². The number of hydrogen-bond donors (Lipinski definition) is 1. The molecule has 0 bridgehead atoms. The van der Waals surface area contributed by atoms with Gasteiger partial charge in [0.25, 0.3) is 11.1 Å². The fraction of sp³-hybridized carbons (Fsp3) is 0.368. The second kappa shape index (κ2) is 7.81. The number of aromatic nitrogens is 2. The second-order valence-corrected chi connectivity index (χ2v) is 8.80. The summed E-state index contributed by atoms with van der Waals surface area (Å²) in [4.78, 5) is 13.6. The topological polar surface area (TPSA) is 105 Å². The molecule has 1 N–H and O–H groups in total. The Morgan fingerprint density at radius 2 is 2.36 bits per heavy atom. The van der Waals surface area contributed by atoms with E-state index in [0.717, 1.165) is 42.2 Å². The largest absolute Gasteiger partial charge is 0.469 e. The Morgan fingerprint density at radius 3 is 3.11 bits per heavy atom. The quantitative estimate of drug-likeness (QED) is 0.616. The Balaban J connectivity index is 1.40. The van der Waals surface area contributed by atoms with Gasteiger partial charge < -0.3 is 14.2 Å². The van der Waals surface area contributed by atoms with Crippen molar-refractivity contribution in [2.24, 2.45) is 5.92 Å². The Bertz CT molecular complexity index is 1060. The van der Waals surface area contributed by atoms with Crippen molar-refractivity contribution in [1.82, 2.24) is 10.2 Å². The summed E-state index contributed by atoms with van der Waals surface area (Å²) in [5.74, 6) is 1.59. The van der Waals surface area contributed by atoms with Crippen LogP contribution < -0.4 is 5.32 Å². The molecule has 1 amide bonds. The number of carbonyl (C=O) groups excluding carboxylic acids is 1. The molecule has 0 saturated heterocycles. The Hall–Kier alpha value is -2.57. The van der Waals surface area contributed by atoms with Gasteiger partial charge in [-0.05, 0) is 43.7 Å². The number of fused-ring (bicyclic) bond motifs is 1. The van der Waals surface area contributed by atoms with E-state index in [1.54, 1.807) is 12.3 Å². The average molecular weight is 415 g/mol. The molecule has 0 fully saturated rings. The van der Waals surface area contributed by atoms with Crippen molar-refractivity contribution in [3.63, 3.8) is 0 Å². The summed E-state index contributed by atoms with van der Waals surface area (Å²) in [6.45, 7) is 4.03. The van der Waals surface area contributed by atoms with E-state index >= 15 is 0 Å². The summed E-state index contributed by atoms with van der Waals surface area (Å²) in [7, 11) is 0. The van der Waals surface area contributed by atoms with Gasteiger partial charge in [-0.3, -0.25) is 4.79 Å². The van der Waals surface area contributed by atoms with Gasteiger partial charge in [0.1, 0.15) is 16.8 Å². The fourth-order valence-electron chi connectivity index (χ4n) is 3.23. The Kier molecular flexibility index (Phi) is 5.24. The standard InChI is InChI=1S/C19H18N4O3S2/c1-10-3-4-13-14(8-20)18(28-15(13)7-10)21-16(24)9-27-19-23-22-17(26-19)12-5-6-25-11(12)2/h5-6,10H,3-4,7,9H2,1-2H3,(H,21,24)/t10-/m1/s1. The van der Waals surface area contributed by atoms with Crippen molar-refractivity contribution < 1.29 is 13.6 Å². The first kappa shape index (κ1) is 18.8. The molecular weight excluding hydrogens is 396 g/mol. The SMILES string of the molecule is Cc1occc1-c1nnc(SCC(=O)Nc2sc3c(c2C#N)CC[C@@H](C)C3)o1. The van der Waals surface area contributed by atoms with Crippen LogP contribution in [-0.2, 0) is 17.6 Å². The van der Waals surface area contributed by atoms with Crippen LogP contribution in [0.2, 0.25) is 0 Å². The Labute approximate surface area is 170 Å². The molecule has 9 heteroatoms. The molecule has 0 radical (unpaired) electrons. The molecule has 1 aliphatic rings. The summed E-state index contributed by atoms with van der Waals surface area (Å²) in [6, 6.07) is 4.02. The zero-order valence-electron chi connectivity index (χ0n) is 15.4. The first-order valence-electron chi connectivity index (χ1n) is 8.90. The summed E-state index contributed by atoms with van der Waals surface area (Å²) in [6.07, 6.45) is 4.51. The number of amides is 1. The number of rotatable bonds is 5. The number of furan rings is 1. The number of thiophene rings is 1. The van der Waals surface area contributed by atoms with Crippen molar-refractivity contribution in [3.05, 3.63) is 34.1 Å². The lowest BCUT2D eigenvalue weighted by atomic mass is 9.89. The highest BCUT2D eigenvalue weighted by Crippen LogP contribution is 2.39. The molecule has 0 saturated carbocycles. The van der Waals surface area contributed by atoms with Crippen LogP contribution in [0.15, 0.2) is 26.4 Å². The lowest BCUT2D eigenvalue weighted by molar-refractivity contribution is -0.113. The van der Waals surface area contributed by atoms with E-state index in [0.29, 0.717) is 33.4 Å². The van der Waals surface area contributed by atoms with E-state index in [4.69, 9.17) is 8.83 Å². The number of nitrogens with one attached hydrogen (secondary N) is 1. The third-order valence-electron chi connectivity index (χ3n) is 4.70. The zero-order valence-corrected chi connectivity index (χ0v) is 17.1. The van der Waals surface area contributed by atoms with Gasteiger partial charge in [-0.2, -0.15) is 5.26 Å². The lowest BCUT2D eigenvalue weighted by Crippen LogP contribution is -2.14. The second-order valence-electron chi connectivity index (χ2n) is 6.77.